The molecule has 18 heavy (non-hydrogen) atoms. The Balaban J connectivity index is 2.50. The molecule has 98 valence electrons. The molecule has 0 saturated carbocycles. The zero-order valence-corrected chi connectivity index (χ0v) is 11.8. The third-order valence-corrected chi connectivity index (χ3v) is 2.73. The molecule has 2 amide bonds. The van der Waals surface area contributed by atoms with Crippen molar-refractivity contribution >= 4 is 27.7 Å². The molecule has 0 aliphatic rings. The lowest BCUT2D eigenvalue weighted by molar-refractivity contribution is -0.131. The van der Waals surface area contributed by atoms with Gasteiger partial charge in [0.25, 0.3) is 5.91 Å². The third-order valence-electron chi connectivity index (χ3n) is 2.23. The fourth-order valence-electron chi connectivity index (χ4n) is 1.15. The number of rotatable bonds is 5. The molecule has 5 nitrogen and oxygen atoms in total. The van der Waals surface area contributed by atoms with Crippen molar-refractivity contribution in [3.63, 3.8) is 0 Å². The van der Waals surface area contributed by atoms with Crippen molar-refractivity contribution in [1.29, 1.82) is 0 Å². The summed E-state index contributed by atoms with van der Waals surface area (Å²) in [7, 11) is 0. The minimum Gasteiger partial charge on any atom is -0.484 e. The number of carbonyl (C=O) groups is 2. The van der Waals surface area contributed by atoms with Gasteiger partial charge in [0.2, 0.25) is 5.91 Å². The Labute approximate surface area is 114 Å². The average molecular weight is 315 g/mol. The second kappa shape index (κ2) is 5.86. The summed E-state index contributed by atoms with van der Waals surface area (Å²) in [5, 5.41) is 2.49. The summed E-state index contributed by atoms with van der Waals surface area (Å²) in [5.41, 5.74) is 4.06. The number of benzene rings is 1. The lowest BCUT2D eigenvalue weighted by Gasteiger charge is -2.22. The van der Waals surface area contributed by atoms with Gasteiger partial charge < -0.3 is 15.8 Å². The van der Waals surface area contributed by atoms with Gasteiger partial charge in [0.1, 0.15) is 11.3 Å². The van der Waals surface area contributed by atoms with Crippen molar-refractivity contribution in [2.45, 2.75) is 19.4 Å². The molecule has 0 unspecified atom stereocenters. The zero-order valence-electron chi connectivity index (χ0n) is 10.2. The SMILES string of the molecule is CC(C)(NC(=O)COc1cccc(Br)c1)C(N)=O. The molecule has 0 aliphatic heterocycles. The molecule has 0 aromatic heterocycles. The monoisotopic (exact) mass is 314 g/mol. The summed E-state index contributed by atoms with van der Waals surface area (Å²) in [6.45, 7) is 2.89. The first-order valence-electron chi connectivity index (χ1n) is 5.30. The summed E-state index contributed by atoms with van der Waals surface area (Å²) in [6, 6.07) is 7.12. The first-order chi connectivity index (χ1) is 8.31. The van der Waals surface area contributed by atoms with Gasteiger partial charge in [-0.05, 0) is 32.0 Å². The van der Waals surface area contributed by atoms with E-state index in [1.807, 2.05) is 6.07 Å². The van der Waals surface area contributed by atoms with Crippen LogP contribution < -0.4 is 15.8 Å². The number of hydrogen-bond donors (Lipinski definition) is 2. The van der Waals surface area contributed by atoms with Gasteiger partial charge in [0.05, 0.1) is 0 Å². The van der Waals surface area contributed by atoms with Crippen LogP contribution in [0.15, 0.2) is 28.7 Å². The fraction of sp³-hybridized carbons (Fsp3) is 0.333. The highest BCUT2D eigenvalue weighted by Gasteiger charge is 2.26. The zero-order chi connectivity index (χ0) is 13.8. The molecule has 3 N–H and O–H groups in total. The fourth-order valence-corrected chi connectivity index (χ4v) is 1.53. The van der Waals surface area contributed by atoms with Gasteiger partial charge in [-0.2, -0.15) is 0 Å². The molecular formula is C12H15BrN2O3. The van der Waals surface area contributed by atoms with Crippen molar-refractivity contribution in [2.24, 2.45) is 5.73 Å². The summed E-state index contributed by atoms with van der Waals surface area (Å²) in [6.07, 6.45) is 0. The van der Waals surface area contributed by atoms with Crippen LogP contribution in [0.2, 0.25) is 0 Å². The highest BCUT2D eigenvalue weighted by Crippen LogP contribution is 2.17. The predicted octanol–water partition coefficient (Wildman–Crippen LogP) is 1.21. The van der Waals surface area contributed by atoms with E-state index in [9.17, 15) is 9.59 Å². The van der Waals surface area contributed by atoms with Crippen LogP contribution in [-0.2, 0) is 9.59 Å². The van der Waals surface area contributed by atoms with Crippen LogP contribution in [0.4, 0.5) is 0 Å². The van der Waals surface area contributed by atoms with Gasteiger partial charge >= 0.3 is 0 Å². The van der Waals surface area contributed by atoms with Gasteiger partial charge in [0.15, 0.2) is 6.61 Å². The molecule has 6 heteroatoms. The molecule has 1 aromatic rings. The van der Waals surface area contributed by atoms with E-state index in [1.165, 1.54) is 13.8 Å². The number of carbonyl (C=O) groups excluding carboxylic acids is 2. The minimum atomic E-state index is -1.09. The molecule has 0 saturated heterocycles. The average Bonchev–Trinajstić information content (AvgIpc) is 2.25. The first-order valence-corrected chi connectivity index (χ1v) is 6.10. The number of hydrogen-bond acceptors (Lipinski definition) is 3. The van der Waals surface area contributed by atoms with E-state index < -0.39 is 17.4 Å². The quantitative estimate of drug-likeness (QED) is 0.857. The number of halogens is 1. The van der Waals surface area contributed by atoms with Crippen LogP contribution >= 0.6 is 15.9 Å². The first kappa shape index (κ1) is 14.5. The van der Waals surface area contributed by atoms with E-state index in [-0.39, 0.29) is 6.61 Å². The molecule has 0 fully saturated rings. The number of primary amides is 1. The predicted molar refractivity (Wildman–Crippen MR) is 71.1 cm³/mol. The summed E-state index contributed by atoms with van der Waals surface area (Å²) >= 11 is 3.30. The molecule has 0 atom stereocenters. The number of nitrogens with one attached hydrogen (secondary N) is 1. The van der Waals surface area contributed by atoms with E-state index in [0.717, 1.165) is 4.47 Å². The third kappa shape index (κ3) is 4.37. The van der Waals surface area contributed by atoms with Gasteiger partial charge in [-0.1, -0.05) is 22.0 Å². The van der Waals surface area contributed by atoms with Crippen molar-refractivity contribution < 1.29 is 14.3 Å². The molecular weight excluding hydrogens is 300 g/mol. The summed E-state index contributed by atoms with van der Waals surface area (Å²) in [5.74, 6) is -0.437. The Hall–Kier alpha value is -1.56. The highest BCUT2D eigenvalue weighted by molar-refractivity contribution is 9.10. The molecule has 0 spiro atoms. The van der Waals surface area contributed by atoms with Crippen molar-refractivity contribution in [1.82, 2.24) is 5.32 Å². The molecule has 1 aromatic carbocycles. The van der Waals surface area contributed by atoms with Gasteiger partial charge in [-0.3, -0.25) is 9.59 Å². The van der Waals surface area contributed by atoms with E-state index >= 15 is 0 Å². The standard InChI is InChI=1S/C12H15BrN2O3/c1-12(2,11(14)17)15-10(16)7-18-9-5-3-4-8(13)6-9/h3-6H,7H2,1-2H3,(H2,14,17)(H,15,16). The van der Waals surface area contributed by atoms with E-state index in [1.54, 1.807) is 18.2 Å². The van der Waals surface area contributed by atoms with Crippen LogP contribution in [0, 0.1) is 0 Å². The Morgan fingerprint density at radius 3 is 2.67 bits per heavy atom. The van der Waals surface area contributed by atoms with Gasteiger partial charge in [0, 0.05) is 4.47 Å². The maximum atomic E-state index is 11.6. The highest BCUT2D eigenvalue weighted by atomic mass is 79.9. The van der Waals surface area contributed by atoms with E-state index in [2.05, 4.69) is 21.2 Å². The van der Waals surface area contributed by atoms with Crippen LogP contribution in [0.25, 0.3) is 0 Å². The molecule has 1 rings (SSSR count). The largest absolute Gasteiger partial charge is 0.484 e. The molecule has 0 bridgehead atoms. The van der Waals surface area contributed by atoms with Crippen LogP contribution in [0.3, 0.4) is 0 Å². The Kier molecular flexibility index (Phi) is 4.72. The maximum absolute atomic E-state index is 11.6. The van der Waals surface area contributed by atoms with Gasteiger partial charge in [-0.15, -0.1) is 0 Å². The van der Waals surface area contributed by atoms with Crippen molar-refractivity contribution in [3.05, 3.63) is 28.7 Å². The second-order valence-electron chi connectivity index (χ2n) is 4.28. The second-order valence-corrected chi connectivity index (χ2v) is 5.20. The Morgan fingerprint density at radius 1 is 1.44 bits per heavy atom. The van der Waals surface area contributed by atoms with Crippen molar-refractivity contribution in [2.75, 3.05) is 6.61 Å². The lowest BCUT2D eigenvalue weighted by Crippen LogP contribution is -2.54. The number of nitrogens with two attached hydrogens (primary N) is 1. The lowest BCUT2D eigenvalue weighted by atomic mass is 10.1. The molecule has 0 aliphatic carbocycles. The summed E-state index contributed by atoms with van der Waals surface area (Å²) < 4.78 is 6.14. The number of ether oxygens (including phenoxy) is 1. The van der Waals surface area contributed by atoms with Gasteiger partial charge in [-0.25, -0.2) is 0 Å². The van der Waals surface area contributed by atoms with E-state index in [0.29, 0.717) is 5.75 Å². The van der Waals surface area contributed by atoms with Crippen molar-refractivity contribution in [3.8, 4) is 5.75 Å². The van der Waals surface area contributed by atoms with Crippen LogP contribution in [0.5, 0.6) is 5.75 Å². The molecule has 0 radical (unpaired) electrons. The maximum Gasteiger partial charge on any atom is 0.258 e. The Bertz CT molecular complexity index is 460. The normalized spacial score (nSPS) is 10.8. The van der Waals surface area contributed by atoms with E-state index in [4.69, 9.17) is 10.5 Å². The minimum absolute atomic E-state index is 0.173. The molecule has 0 heterocycles. The van der Waals surface area contributed by atoms with Crippen LogP contribution in [0.1, 0.15) is 13.8 Å². The van der Waals surface area contributed by atoms with Crippen LogP contribution in [-0.4, -0.2) is 24.0 Å². The number of amides is 2. The topological polar surface area (TPSA) is 81.4 Å². The summed E-state index contributed by atoms with van der Waals surface area (Å²) in [4.78, 5) is 22.6. The smallest absolute Gasteiger partial charge is 0.258 e. The Morgan fingerprint density at radius 2 is 2.11 bits per heavy atom.